The average molecular weight is 725 g/mol. The van der Waals surface area contributed by atoms with Gasteiger partial charge in [-0.1, -0.05) is 36.4 Å². The molecule has 2 amide bonds. The van der Waals surface area contributed by atoms with Crippen molar-refractivity contribution < 1.29 is 23.8 Å². The second kappa shape index (κ2) is 16.8. The van der Waals surface area contributed by atoms with Crippen LogP contribution < -0.4 is 11.0 Å². The fraction of sp³-hybridized carbons (Fsp3) is 0.463. The lowest BCUT2D eigenvalue weighted by atomic mass is 9.95. The highest BCUT2D eigenvalue weighted by Crippen LogP contribution is 2.30. The minimum Gasteiger partial charge on any atom is -0.444 e. The predicted molar refractivity (Wildman–Crippen MR) is 206 cm³/mol. The van der Waals surface area contributed by atoms with Gasteiger partial charge in [-0.2, -0.15) is 0 Å². The first-order valence-corrected chi connectivity index (χ1v) is 18.6. The fourth-order valence-electron chi connectivity index (χ4n) is 7.33. The van der Waals surface area contributed by atoms with Crippen molar-refractivity contribution in [2.24, 2.45) is 0 Å². The number of alkyl carbamates (subject to hydrolysis) is 1. The molecule has 1 saturated heterocycles. The minimum atomic E-state index is -0.690. The molecule has 2 atom stereocenters. The maximum atomic E-state index is 14.0. The number of amides is 2. The standard InChI is InChI=1S/C41H52N6O6/c1-41(2,3)53-39(49)42-31(26-29-17-19-32(20-18-29)47-36-16-9-8-15-35(36)46(40(47)50)23-25-52-5)27-37(48)44-21-10-12-30(28-44)38-43-33-13-6-7-14-34(33)45(38)22-11-24-51-4/h6-9,13-20,30-31H,10-12,21-28H2,1-5H3,(H,42,49). The molecule has 0 saturated carbocycles. The van der Waals surface area contributed by atoms with Crippen LogP contribution in [0.2, 0.25) is 0 Å². The van der Waals surface area contributed by atoms with E-state index in [2.05, 4.69) is 16.0 Å². The molecule has 5 aromatic rings. The van der Waals surface area contributed by atoms with Crippen LogP contribution in [0.5, 0.6) is 0 Å². The van der Waals surface area contributed by atoms with Crippen LogP contribution in [-0.2, 0) is 38.5 Å². The Morgan fingerprint density at radius 1 is 0.887 bits per heavy atom. The maximum absolute atomic E-state index is 14.0. The van der Waals surface area contributed by atoms with E-state index in [9.17, 15) is 14.4 Å². The normalized spacial score (nSPS) is 15.6. The lowest BCUT2D eigenvalue weighted by Gasteiger charge is -2.34. The topological polar surface area (TPSA) is 122 Å². The summed E-state index contributed by atoms with van der Waals surface area (Å²) in [4.78, 5) is 47.6. The predicted octanol–water partition coefficient (Wildman–Crippen LogP) is 6.06. The molecule has 3 heterocycles. The summed E-state index contributed by atoms with van der Waals surface area (Å²) >= 11 is 0. The molecule has 12 heteroatoms. The van der Waals surface area contributed by atoms with Crippen molar-refractivity contribution in [3.63, 3.8) is 0 Å². The Labute approximate surface area is 310 Å². The largest absolute Gasteiger partial charge is 0.444 e. The molecule has 1 fully saturated rings. The van der Waals surface area contributed by atoms with Crippen LogP contribution in [0.1, 0.15) is 63.8 Å². The molecular formula is C41H52N6O6. The van der Waals surface area contributed by atoms with Crippen molar-refractivity contribution in [2.45, 2.75) is 83.5 Å². The van der Waals surface area contributed by atoms with Crippen molar-refractivity contribution in [3.8, 4) is 5.69 Å². The molecular weight excluding hydrogens is 672 g/mol. The smallest absolute Gasteiger partial charge is 0.407 e. The first-order chi connectivity index (χ1) is 25.6. The summed E-state index contributed by atoms with van der Waals surface area (Å²) in [5, 5.41) is 2.99. The Bertz CT molecular complexity index is 2070. The van der Waals surface area contributed by atoms with Gasteiger partial charge in [0.2, 0.25) is 5.91 Å². The number of nitrogens with one attached hydrogen (secondary N) is 1. The highest BCUT2D eigenvalue weighted by Gasteiger charge is 2.31. The minimum absolute atomic E-state index is 0.0233. The van der Waals surface area contributed by atoms with Crippen LogP contribution in [0.3, 0.4) is 0 Å². The Morgan fingerprint density at radius 3 is 2.30 bits per heavy atom. The number of fused-ring (bicyclic) bond motifs is 2. The summed E-state index contributed by atoms with van der Waals surface area (Å²) < 4.78 is 21.9. The quantitative estimate of drug-likeness (QED) is 0.138. The molecule has 0 radical (unpaired) electrons. The number of aromatic nitrogens is 4. The van der Waals surface area contributed by atoms with Gasteiger partial charge >= 0.3 is 11.8 Å². The number of piperidine rings is 1. The number of methoxy groups -OCH3 is 2. The molecule has 0 aliphatic carbocycles. The van der Waals surface area contributed by atoms with Gasteiger partial charge in [-0.3, -0.25) is 13.9 Å². The number of ether oxygens (including phenoxy) is 3. The van der Waals surface area contributed by atoms with Crippen molar-refractivity contribution >= 4 is 34.1 Å². The average Bonchev–Trinajstić information content (AvgIpc) is 3.64. The Morgan fingerprint density at radius 2 is 1.58 bits per heavy atom. The van der Waals surface area contributed by atoms with E-state index in [1.165, 1.54) is 0 Å². The third kappa shape index (κ3) is 9.00. The Kier molecular flexibility index (Phi) is 12.0. The number of hydrogen-bond donors (Lipinski definition) is 1. The van der Waals surface area contributed by atoms with Gasteiger partial charge in [0.1, 0.15) is 11.4 Å². The van der Waals surface area contributed by atoms with E-state index in [-0.39, 0.29) is 23.9 Å². The monoisotopic (exact) mass is 724 g/mol. The van der Waals surface area contributed by atoms with E-state index in [4.69, 9.17) is 19.2 Å². The number of carbonyl (C=O) groups is 2. The van der Waals surface area contributed by atoms with Crippen LogP contribution in [0, 0.1) is 0 Å². The molecule has 2 unspecified atom stereocenters. The maximum Gasteiger partial charge on any atom is 0.407 e. The van der Waals surface area contributed by atoms with Gasteiger partial charge in [-0.05, 0) is 88.4 Å². The second-order valence-corrected chi connectivity index (χ2v) is 14.8. The van der Waals surface area contributed by atoms with E-state index >= 15 is 0 Å². The fourth-order valence-corrected chi connectivity index (χ4v) is 7.33. The molecule has 0 bridgehead atoms. The van der Waals surface area contributed by atoms with Crippen LogP contribution in [0.4, 0.5) is 4.79 Å². The molecule has 282 valence electrons. The van der Waals surface area contributed by atoms with Gasteiger partial charge in [0.15, 0.2) is 0 Å². The Balaban J connectivity index is 1.20. The number of hydrogen-bond acceptors (Lipinski definition) is 7. The summed E-state index contributed by atoms with van der Waals surface area (Å²) in [5.74, 6) is 1.07. The van der Waals surface area contributed by atoms with Crippen molar-refractivity contribution in [2.75, 3.05) is 40.5 Å². The number of imidazole rings is 2. The number of aryl methyl sites for hydroxylation is 1. The zero-order valence-electron chi connectivity index (χ0n) is 31.5. The van der Waals surface area contributed by atoms with Gasteiger partial charge in [-0.25, -0.2) is 14.6 Å². The number of rotatable bonds is 14. The molecule has 53 heavy (non-hydrogen) atoms. The molecule has 12 nitrogen and oxygen atoms in total. The molecule has 2 aromatic heterocycles. The van der Waals surface area contributed by atoms with Crippen molar-refractivity contribution in [3.05, 3.63) is 94.7 Å². The molecule has 6 rings (SSSR count). The van der Waals surface area contributed by atoms with E-state index in [0.29, 0.717) is 39.3 Å². The summed E-state index contributed by atoms with van der Waals surface area (Å²) in [6, 6.07) is 23.1. The summed E-state index contributed by atoms with van der Waals surface area (Å²) in [6.45, 7) is 8.98. The van der Waals surface area contributed by atoms with Crippen LogP contribution in [0.25, 0.3) is 27.8 Å². The number of para-hydroxylation sites is 4. The number of likely N-dealkylation sites (tertiary alicyclic amines) is 1. The zero-order chi connectivity index (χ0) is 37.5. The molecule has 0 spiro atoms. The van der Waals surface area contributed by atoms with Crippen LogP contribution >= 0.6 is 0 Å². The SMILES string of the molecule is COCCCn1c(C2CCCN(C(=O)CC(Cc3ccc(-n4c(=O)n(CCOC)c5ccccc54)cc3)NC(=O)OC(C)(C)C)C2)nc2ccccc21. The third-order valence-corrected chi connectivity index (χ3v) is 9.73. The van der Waals surface area contributed by atoms with Gasteiger partial charge in [0.25, 0.3) is 0 Å². The van der Waals surface area contributed by atoms with Crippen molar-refractivity contribution in [1.82, 2.24) is 28.9 Å². The molecule has 1 aliphatic heterocycles. The third-order valence-electron chi connectivity index (χ3n) is 9.73. The highest BCUT2D eigenvalue weighted by atomic mass is 16.6. The van der Waals surface area contributed by atoms with Gasteiger partial charge in [-0.15, -0.1) is 0 Å². The van der Waals surface area contributed by atoms with Gasteiger partial charge in [0, 0.05) is 58.8 Å². The zero-order valence-corrected chi connectivity index (χ0v) is 31.5. The number of carbonyl (C=O) groups excluding carboxylic acids is 2. The van der Waals surface area contributed by atoms with Gasteiger partial charge in [0.05, 0.1) is 40.9 Å². The number of nitrogens with zero attached hydrogens (tertiary/aromatic N) is 5. The van der Waals surface area contributed by atoms with E-state index in [1.807, 2.05) is 92.4 Å². The second-order valence-electron chi connectivity index (χ2n) is 14.8. The summed E-state index contributed by atoms with van der Waals surface area (Å²) in [6.07, 6.45) is 2.63. The van der Waals surface area contributed by atoms with Crippen molar-refractivity contribution in [1.29, 1.82) is 0 Å². The van der Waals surface area contributed by atoms with Crippen LogP contribution in [-0.4, -0.2) is 87.8 Å². The molecule has 1 aliphatic rings. The van der Waals surface area contributed by atoms with E-state index in [0.717, 1.165) is 64.9 Å². The van der Waals surface area contributed by atoms with Gasteiger partial charge < -0.3 is 29.0 Å². The molecule has 3 aromatic carbocycles. The number of benzene rings is 3. The van der Waals surface area contributed by atoms with Crippen LogP contribution in [0.15, 0.2) is 77.6 Å². The first kappa shape index (κ1) is 37.8. The lowest BCUT2D eigenvalue weighted by Crippen LogP contribution is -2.46. The lowest BCUT2D eigenvalue weighted by molar-refractivity contribution is -0.133. The first-order valence-electron chi connectivity index (χ1n) is 18.6. The summed E-state index contributed by atoms with van der Waals surface area (Å²) in [7, 11) is 3.33. The van der Waals surface area contributed by atoms with E-state index < -0.39 is 17.7 Å². The highest BCUT2D eigenvalue weighted by molar-refractivity contribution is 5.79. The summed E-state index contributed by atoms with van der Waals surface area (Å²) in [5.41, 5.74) is 4.51. The Hall–Kier alpha value is -4.94. The molecule has 1 N–H and O–H groups in total. The van der Waals surface area contributed by atoms with E-state index in [1.54, 1.807) is 23.4 Å².